The van der Waals surface area contributed by atoms with Crippen molar-refractivity contribution in [1.82, 2.24) is 5.32 Å². The van der Waals surface area contributed by atoms with Crippen molar-refractivity contribution >= 4 is 11.4 Å². The van der Waals surface area contributed by atoms with E-state index in [1.165, 1.54) is 49.0 Å². The van der Waals surface area contributed by atoms with Gasteiger partial charge in [0, 0.05) is 6.04 Å². The highest BCUT2D eigenvalue weighted by molar-refractivity contribution is 5.79. The van der Waals surface area contributed by atoms with Crippen molar-refractivity contribution in [3.05, 3.63) is 66.8 Å². The summed E-state index contributed by atoms with van der Waals surface area (Å²) in [6.45, 7) is 3.41. The van der Waals surface area contributed by atoms with E-state index in [-0.39, 0.29) is 0 Å². The Morgan fingerprint density at radius 2 is 1.62 bits per heavy atom. The minimum absolute atomic E-state index is 0.360. The van der Waals surface area contributed by atoms with Gasteiger partial charge in [-0.05, 0) is 50.6 Å². The molecule has 0 bridgehead atoms. The molecule has 1 heterocycles. The maximum absolute atomic E-state index is 3.34. The molecule has 2 aromatic carbocycles. The summed E-state index contributed by atoms with van der Waals surface area (Å²) < 4.78 is 0. The normalized spacial score (nSPS) is 18.8. The van der Waals surface area contributed by atoms with Crippen LogP contribution in [0.25, 0.3) is 0 Å². The molecule has 1 radical (unpaired) electrons. The lowest BCUT2D eigenvalue weighted by atomic mass is 9.94. The first kappa shape index (κ1) is 17.4. The van der Waals surface area contributed by atoms with Gasteiger partial charge < -0.3 is 15.1 Å². The van der Waals surface area contributed by atoms with E-state index in [0.717, 1.165) is 13.0 Å². The Balaban J connectivity index is 1.66. The molecule has 1 fully saturated rings. The van der Waals surface area contributed by atoms with Gasteiger partial charge in [-0.15, -0.1) is 0 Å². The number of rotatable bonds is 6. The summed E-state index contributed by atoms with van der Waals surface area (Å²) in [5.74, 6) is 0. The standard InChI is InChI=1S/C23H30N3/c1-24-17-16-21(19-10-4-2-5-11-19)26-18-25(20-12-6-3-7-13-20)22-14-8-9-15-23(22)26/h2,4-5,8-11,14-15,18,20-21,24H,3,6-7,12-13,16-17H2,1H3/t21-/m1/s1. The molecular formula is C23H30N3. The second-order valence-corrected chi connectivity index (χ2v) is 7.53. The minimum atomic E-state index is 0.360. The van der Waals surface area contributed by atoms with Crippen molar-refractivity contribution in [2.75, 3.05) is 23.4 Å². The molecule has 0 amide bonds. The maximum Gasteiger partial charge on any atom is 0.143 e. The zero-order valence-electron chi connectivity index (χ0n) is 15.8. The van der Waals surface area contributed by atoms with Crippen LogP contribution in [0.1, 0.15) is 50.1 Å². The number of fused-ring (bicyclic) bond motifs is 1. The third-order valence-corrected chi connectivity index (χ3v) is 5.84. The van der Waals surface area contributed by atoms with Crippen LogP contribution in [-0.2, 0) is 0 Å². The summed E-state index contributed by atoms with van der Waals surface area (Å²) in [5, 5.41) is 3.34. The molecule has 1 aliphatic carbocycles. The molecule has 137 valence electrons. The molecule has 1 aliphatic heterocycles. The lowest BCUT2D eigenvalue weighted by Gasteiger charge is -2.34. The van der Waals surface area contributed by atoms with Crippen LogP contribution in [0.4, 0.5) is 11.4 Å². The van der Waals surface area contributed by atoms with Gasteiger partial charge in [-0.1, -0.05) is 61.7 Å². The highest BCUT2D eigenvalue weighted by Crippen LogP contribution is 2.46. The quantitative estimate of drug-likeness (QED) is 0.782. The molecule has 2 aliphatic rings. The van der Waals surface area contributed by atoms with Gasteiger partial charge in [0.15, 0.2) is 0 Å². The van der Waals surface area contributed by atoms with Crippen LogP contribution in [-0.4, -0.2) is 19.6 Å². The molecular weight excluding hydrogens is 318 g/mol. The van der Waals surface area contributed by atoms with Crippen molar-refractivity contribution in [2.45, 2.75) is 50.6 Å². The van der Waals surface area contributed by atoms with Crippen LogP contribution >= 0.6 is 0 Å². The van der Waals surface area contributed by atoms with Gasteiger partial charge in [-0.25, -0.2) is 0 Å². The maximum atomic E-state index is 3.34. The highest BCUT2D eigenvalue weighted by Gasteiger charge is 2.35. The number of nitrogens with zero attached hydrogens (tertiary/aromatic N) is 2. The fourth-order valence-electron chi connectivity index (χ4n) is 4.48. The van der Waals surface area contributed by atoms with E-state index in [1.807, 2.05) is 7.05 Å². The van der Waals surface area contributed by atoms with Gasteiger partial charge in [0.25, 0.3) is 0 Å². The molecule has 3 nitrogen and oxygen atoms in total. The predicted molar refractivity (Wildman–Crippen MR) is 110 cm³/mol. The van der Waals surface area contributed by atoms with Gasteiger partial charge in [0.2, 0.25) is 0 Å². The smallest absolute Gasteiger partial charge is 0.143 e. The zero-order chi connectivity index (χ0) is 17.8. The first-order valence-corrected chi connectivity index (χ1v) is 10.1. The second kappa shape index (κ2) is 8.13. The number of anilines is 2. The van der Waals surface area contributed by atoms with E-state index in [2.05, 4.69) is 76.4 Å². The molecule has 1 atom stereocenters. The summed E-state index contributed by atoms with van der Waals surface area (Å²) in [7, 11) is 2.04. The monoisotopic (exact) mass is 348 g/mol. The lowest BCUT2D eigenvalue weighted by Crippen LogP contribution is -2.37. The van der Waals surface area contributed by atoms with E-state index in [9.17, 15) is 0 Å². The SMILES string of the molecule is CNCC[C@H](c1ccccc1)N1[CH]N(C2CCCCC2)c2ccccc21. The Kier molecular flexibility index (Phi) is 5.45. The van der Waals surface area contributed by atoms with Gasteiger partial charge in [0.05, 0.1) is 17.4 Å². The molecule has 26 heavy (non-hydrogen) atoms. The van der Waals surface area contributed by atoms with Crippen molar-refractivity contribution < 1.29 is 0 Å². The number of para-hydroxylation sites is 2. The van der Waals surface area contributed by atoms with E-state index in [4.69, 9.17) is 0 Å². The van der Waals surface area contributed by atoms with Gasteiger partial charge >= 0.3 is 0 Å². The summed E-state index contributed by atoms with van der Waals surface area (Å²) in [6.07, 6.45) is 7.82. The molecule has 0 aromatic heterocycles. The summed E-state index contributed by atoms with van der Waals surface area (Å²) >= 11 is 0. The Hall–Kier alpha value is -2.00. The van der Waals surface area contributed by atoms with E-state index in [1.54, 1.807) is 0 Å². The molecule has 0 saturated heterocycles. The Labute approximate surface area is 158 Å². The first-order chi connectivity index (χ1) is 12.9. The van der Waals surface area contributed by atoms with E-state index in [0.29, 0.717) is 12.1 Å². The van der Waals surface area contributed by atoms with Crippen molar-refractivity contribution in [3.63, 3.8) is 0 Å². The lowest BCUT2D eigenvalue weighted by molar-refractivity contribution is 0.426. The average Bonchev–Trinajstić information content (AvgIpc) is 3.10. The van der Waals surface area contributed by atoms with Crippen molar-refractivity contribution in [3.8, 4) is 0 Å². The van der Waals surface area contributed by atoms with E-state index < -0.39 is 0 Å². The molecule has 1 saturated carbocycles. The average molecular weight is 349 g/mol. The van der Waals surface area contributed by atoms with Crippen LogP contribution in [0.3, 0.4) is 0 Å². The van der Waals surface area contributed by atoms with Crippen molar-refractivity contribution in [1.29, 1.82) is 0 Å². The molecule has 2 aromatic rings. The molecule has 4 rings (SSSR count). The molecule has 1 N–H and O–H groups in total. The number of nitrogens with one attached hydrogen (secondary N) is 1. The number of hydrogen-bond acceptors (Lipinski definition) is 3. The summed E-state index contributed by atoms with van der Waals surface area (Å²) in [6, 6.07) is 20.9. The second-order valence-electron chi connectivity index (χ2n) is 7.53. The topological polar surface area (TPSA) is 18.5 Å². The fraction of sp³-hybridized carbons (Fsp3) is 0.435. The Morgan fingerprint density at radius 1 is 0.923 bits per heavy atom. The summed E-state index contributed by atoms with van der Waals surface area (Å²) in [4.78, 5) is 5.07. The molecule has 3 heteroatoms. The summed E-state index contributed by atoms with van der Waals surface area (Å²) in [5.41, 5.74) is 4.12. The van der Waals surface area contributed by atoms with Crippen LogP contribution < -0.4 is 15.1 Å². The van der Waals surface area contributed by atoms with Crippen LogP contribution in [0.2, 0.25) is 0 Å². The molecule has 0 unspecified atom stereocenters. The van der Waals surface area contributed by atoms with Gasteiger partial charge in [-0.3, -0.25) is 0 Å². The predicted octanol–water partition coefficient (Wildman–Crippen LogP) is 5.12. The van der Waals surface area contributed by atoms with Crippen LogP contribution in [0.15, 0.2) is 54.6 Å². The van der Waals surface area contributed by atoms with Gasteiger partial charge in [0.1, 0.15) is 6.67 Å². The minimum Gasteiger partial charge on any atom is -0.343 e. The third kappa shape index (κ3) is 3.45. The van der Waals surface area contributed by atoms with Crippen molar-refractivity contribution in [2.24, 2.45) is 0 Å². The molecule has 0 spiro atoms. The largest absolute Gasteiger partial charge is 0.343 e. The fourth-order valence-corrected chi connectivity index (χ4v) is 4.48. The zero-order valence-corrected chi connectivity index (χ0v) is 15.8. The number of hydrogen-bond donors (Lipinski definition) is 1. The Morgan fingerprint density at radius 3 is 2.35 bits per heavy atom. The van der Waals surface area contributed by atoms with Gasteiger partial charge in [-0.2, -0.15) is 0 Å². The third-order valence-electron chi connectivity index (χ3n) is 5.84. The highest BCUT2D eigenvalue weighted by atomic mass is 15.4. The van der Waals surface area contributed by atoms with E-state index >= 15 is 0 Å². The van der Waals surface area contributed by atoms with Crippen LogP contribution in [0, 0.1) is 6.67 Å². The number of benzene rings is 2. The Bertz CT molecular complexity index is 694. The first-order valence-electron chi connectivity index (χ1n) is 10.1. The van der Waals surface area contributed by atoms with Crippen LogP contribution in [0.5, 0.6) is 0 Å².